The van der Waals surface area contributed by atoms with E-state index in [1.54, 1.807) is 24.3 Å². The van der Waals surface area contributed by atoms with Crippen molar-refractivity contribution in [2.24, 2.45) is 0 Å². The molecule has 38 heavy (non-hydrogen) atoms. The van der Waals surface area contributed by atoms with Crippen LogP contribution in [0.3, 0.4) is 0 Å². The number of ketones is 1. The van der Waals surface area contributed by atoms with Crippen LogP contribution in [0.25, 0.3) is 0 Å². The first-order valence-corrected chi connectivity index (χ1v) is 15.7. The maximum absolute atomic E-state index is 13.3. The first-order valence-electron chi connectivity index (χ1n) is 15.7. The van der Waals surface area contributed by atoms with Crippen LogP contribution < -0.4 is 0 Å². The van der Waals surface area contributed by atoms with Crippen molar-refractivity contribution in [3.63, 3.8) is 0 Å². The zero-order chi connectivity index (χ0) is 27.4. The third-order valence-electron chi connectivity index (χ3n) is 7.78. The summed E-state index contributed by atoms with van der Waals surface area (Å²) in [5, 5.41) is 20.7. The van der Waals surface area contributed by atoms with E-state index < -0.39 is 0 Å². The molecule has 0 aliphatic heterocycles. The molecule has 2 aromatic carbocycles. The Balaban J connectivity index is 1.81. The molecule has 0 spiro atoms. The first-order chi connectivity index (χ1) is 18.6. The van der Waals surface area contributed by atoms with Crippen LogP contribution in [0.4, 0.5) is 0 Å². The molecule has 0 aromatic heterocycles. The predicted molar refractivity (Wildman–Crippen MR) is 162 cm³/mol. The second kappa shape index (κ2) is 19.7. The summed E-state index contributed by atoms with van der Waals surface area (Å²) in [7, 11) is 0. The molecule has 212 valence electrons. The van der Waals surface area contributed by atoms with Gasteiger partial charge in [0, 0.05) is 11.1 Å². The number of hydrogen-bond acceptors (Lipinski definition) is 3. The van der Waals surface area contributed by atoms with E-state index in [0.717, 1.165) is 49.7 Å². The van der Waals surface area contributed by atoms with Gasteiger partial charge in [0.2, 0.25) is 0 Å². The van der Waals surface area contributed by atoms with Crippen molar-refractivity contribution in [1.82, 2.24) is 0 Å². The SMILES string of the molecule is CCCCCCCCCCCc1cc(C(=O)c2ccc(O)c(CCCCCCCCCCC)c2)ccc1O. The number of carbonyl (C=O) groups is 1. The van der Waals surface area contributed by atoms with Gasteiger partial charge in [-0.25, -0.2) is 0 Å². The third kappa shape index (κ3) is 12.5. The second-order valence-electron chi connectivity index (χ2n) is 11.2. The molecule has 2 N–H and O–H groups in total. The summed E-state index contributed by atoms with van der Waals surface area (Å²) < 4.78 is 0. The Morgan fingerprint density at radius 1 is 0.500 bits per heavy atom. The third-order valence-corrected chi connectivity index (χ3v) is 7.78. The van der Waals surface area contributed by atoms with Crippen LogP contribution in [0.1, 0.15) is 156 Å². The molecule has 2 aromatic rings. The first kappa shape index (κ1) is 31.9. The van der Waals surface area contributed by atoms with Gasteiger partial charge in [0.05, 0.1) is 0 Å². The predicted octanol–water partition coefficient (Wildman–Crippen LogP) is 10.5. The molecule has 0 atom stereocenters. The second-order valence-corrected chi connectivity index (χ2v) is 11.2. The summed E-state index contributed by atoms with van der Waals surface area (Å²) in [6, 6.07) is 10.4. The summed E-state index contributed by atoms with van der Waals surface area (Å²) in [4.78, 5) is 13.3. The lowest BCUT2D eigenvalue weighted by molar-refractivity contribution is 0.103. The fraction of sp³-hybridized carbons (Fsp3) is 0.629. The van der Waals surface area contributed by atoms with Gasteiger partial charge in [-0.05, 0) is 73.2 Å². The molecular weight excluding hydrogens is 468 g/mol. The van der Waals surface area contributed by atoms with Crippen LogP contribution in [-0.4, -0.2) is 16.0 Å². The largest absolute Gasteiger partial charge is 0.508 e. The lowest BCUT2D eigenvalue weighted by Gasteiger charge is -2.10. The molecule has 0 heterocycles. The number of hydrogen-bond donors (Lipinski definition) is 2. The van der Waals surface area contributed by atoms with E-state index in [0.29, 0.717) is 11.1 Å². The van der Waals surface area contributed by atoms with E-state index in [1.165, 1.54) is 89.9 Å². The Morgan fingerprint density at radius 3 is 1.16 bits per heavy atom. The Hall–Kier alpha value is -2.29. The van der Waals surface area contributed by atoms with Crippen molar-refractivity contribution in [1.29, 1.82) is 0 Å². The molecule has 3 heteroatoms. The van der Waals surface area contributed by atoms with Gasteiger partial charge in [-0.15, -0.1) is 0 Å². The van der Waals surface area contributed by atoms with Gasteiger partial charge in [-0.2, -0.15) is 0 Å². The van der Waals surface area contributed by atoms with E-state index in [2.05, 4.69) is 13.8 Å². The van der Waals surface area contributed by atoms with Crippen molar-refractivity contribution in [3.8, 4) is 11.5 Å². The Morgan fingerprint density at radius 2 is 0.816 bits per heavy atom. The molecule has 0 radical (unpaired) electrons. The fourth-order valence-corrected chi connectivity index (χ4v) is 5.27. The molecule has 0 saturated heterocycles. The van der Waals surface area contributed by atoms with E-state index in [9.17, 15) is 15.0 Å². The summed E-state index contributed by atoms with van der Waals surface area (Å²) in [6.45, 7) is 4.50. The summed E-state index contributed by atoms with van der Waals surface area (Å²) in [5.74, 6) is 0.502. The minimum absolute atomic E-state index is 0.0494. The summed E-state index contributed by atoms with van der Waals surface area (Å²) >= 11 is 0. The van der Waals surface area contributed by atoms with Gasteiger partial charge in [0.15, 0.2) is 5.78 Å². The smallest absolute Gasteiger partial charge is 0.193 e. The number of benzene rings is 2. The molecule has 0 aliphatic rings. The van der Waals surface area contributed by atoms with Crippen molar-refractivity contribution in [3.05, 3.63) is 58.7 Å². The quantitative estimate of drug-likeness (QED) is 0.119. The van der Waals surface area contributed by atoms with Gasteiger partial charge in [-0.1, -0.05) is 117 Å². The number of phenols is 2. The van der Waals surface area contributed by atoms with Gasteiger partial charge in [0.1, 0.15) is 11.5 Å². The minimum Gasteiger partial charge on any atom is -0.508 e. The molecule has 3 nitrogen and oxygen atoms in total. The number of phenolic OH excluding ortho intramolecular Hbond substituents is 2. The highest BCUT2D eigenvalue weighted by molar-refractivity contribution is 6.09. The van der Waals surface area contributed by atoms with Gasteiger partial charge < -0.3 is 10.2 Å². The average Bonchev–Trinajstić information content (AvgIpc) is 2.92. The Bertz CT molecular complexity index is 844. The van der Waals surface area contributed by atoms with Gasteiger partial charge in [0.25, 0.3) is 0 Å². The number of unbranched alkanes of at least 4 members (excludes halogenated alkanes) is 16. The molecular formula is C35H54O3. The number of aromatic hydroxyl groups is 2. The van der Waals surface area contributed by atoms with Gasteiger partial charge in [-0.3, -0.25) is 4.79 Å². The Kier molecular flexibility index (Phi) is 16.6. The fourth-order valence-electron chi connectivity index (χ4n) is 5.27. The highest BCUT2D eigenvalue weighted by atomic mass is 16.3. The van der Waals surface area contributed by atoms with Crippen LogP contribution in [-0.2, 0) is 12.8 Å². The number of carbonyl (C=O) groups excluding carboxylic acids is 1. The Labute approximate surface area is 233 Å². The lowest BCUT2D eigenvalue weighted by Crippen LogP contribution is -2.03. The van der Waals surface area contributed by atoms with E-state index in [-0.39, 0.29) is 17.3 Å². The molecule has 0 bridgehead atoms. The van der Waals surface area contributed by atoms with E-state index in [4.69, 9.17) is 0 Å². The maximum Gasteiger partial charge on any atom is 0.193 e. The molecule has 0 aliphatic carbocycles. The highest BCUT2D eigenvalue weighted by Crippen LogP contribution is 2.26. The minimum atomic E-state index is -0.0494. The van der Waals surface area contributed by atoms with Gasteiger partial charge >= 0.3 is 0 Å². The number of aryl methyl sites for hydroxylation is 2. The highest BCUT2D eigenvalue weighted by Gasteiger charge is 2.14. The van der Waals surface area contributed by atoms with E-state index in [1.807, 2.05) is 12.1 Å². The molecule has 0 amide bonds. The lowest BCUT2D eigenvalue weighted by atomic mass is 9.95. The zero-order valence-corrected chi connectivity index (χ0v) is 24.4. The van der Waals surface area contributed by atoms with Crippen LogP contribution in [0, 0.1) is 0 Å². The average molecular weight is 523 g/mol. The van der Waals surface area contributed by atoms with Crippen molar-refractivity contribution in [2.75, 3.05) is 0 Å². The van der Waals surface area contributed by atoms with Crippen LogP contribution in [0.2, 0.25) is 0 Å². The molecule has 2 rings (SSSR count). The summed E-state index contributed by atoms with van der Waals surface area (Å²) in [5.41, 5.74) is 2.92. The van der Waals surface area contributed by atoms with Crippen molar-refractivity contribution >= 4 is 5.78 Å². The monoisotopic (exact) mass is 522 g/mol. The molecule has 0 saturated carbocycles. The molecule has 0 fully saturated rings. The number of rotatable bonds is 22. The van der Waals surface area contributed by atoms with Crippen molar-refractivity contribution in [2.45, 2.75) is 142 Å². The van der Waals surface area contributed by atoms with Crippen LogP contribution in [0.5, 0.6) is 11.5 Å². The normalized spacial score (nSPS) is 11.2. The standard InChI is InChI=1S/C35H54O3/c1-3-5-7-9-11-13-15-17-19-21-29-27-31(23-25-33(29)36)35(38)32-24-26-34(37)30(28-32)22-20-18-16-14-12-10-8-6-4-2/h23-28,36-37H,3-22H2,1-2H3. The molecule has 0 unspecified atom stereocenters. The van der Waals surface area contributed by atoms with Crippen LogP contribution >= 0.6 is 0 Å². The maximum atomic E-state index is 13.3. The van der Waals surface area contributed by atoms with E-state index >= 15 is 0 Å². The van der Waals surface area contributed by atoms with Crippen molar-refractivity contribution < 1.29 is 15.0 Å². The topological polar surface area (TPSA) is 57.5 Å². The zero-order valence-electron chi connectivity index (χ0n) is 24.4. The summed E-state index contributed by atoms with van der Waals surface area (Å²) in [6.07, 6.45) is 24.3. The van der Waals surface area contributed by atoms with Crippen LogP contribution in [0.15, 0.2) is 36.4 Å².